The molecule has 4 nitrogen and oxygen atoms in total. The van der Waals surface area contributed by atoms with Crippen molar-refractivity contribution in [3.8, 4) is 11.5 Å². The fraction of sp³-hybridized carbons (Fsp3) is 0.600. The summed E-state index contributed by atoms with van der Waals surface area (Å²) in [6, 6.07) is 5.93. The molecule has 2 atom stereocenters. The zero-order valence-corrected chi connectivity index (χ0v) is 11.4. The van der Waals surface area contributed by atoms with Crippen LogP contribution in [0.4, 0.5) is 0 Å². The van der Waals surface area contributed by atoms with Gasteiger partial charge in [0, 0.05) is 37.1 Å². The van der Waals surface area contributed by atoms with Gasteiger partial charge in [-0.25, -0.2) is 0 Å². The first kappa shape index (κ1) is 12.8. The van der Waals surface area contributed by atoms with Gasteiger partial charge in [-0.3, -0.25) is 0 Å². The van der Waals surface area contributed by atoms with Crippen LogP contribution in [0.25, 0.3) is 0 Å². The molecule has 1 aromatic rings. The van der Waals surface area contributed by atoms with Crippen LogP contribution in [0.3, 0.4) is 0 Å². The largest absolute Gasteiger partial charge is 0.497 e. The van der Waals surface area contributed by atoms with Crippen LogP contribution in [-0.2, 0) is 4.74 Å². The molecule has 2 aliphatic rings. The molecule has 2 aliphatic heterocycles. The predicted molar refractivity (Wildman–Crippen MR) is 72.6 cm³/mol. The minimum atomic E-state index is -0.157. The minimum absolute atomic E-state index is 0.0350. The third-order valence-electron chi connectivity index (χ3n) is 4.16. The number of hydrogen-bond donors (Lipinski definition) is 1. The summed E-state index contributed by atoms with van der Waals surface area (Å²) in [5.74, 6) is 1.69. The second-order valence-corrected chi connectivity index (χ2v) is 5.47. The lowest BCUT2D eigenvalue weighted by Gasteiger charge is -2.40. The maximum atomic E-state index is 6.33. The van der Waals surface area contributed by atoms with Gasteiger partial charge in [-0.1, -0.05) is 6.07 Å². The van der Waals surface area contributed by atoms with Crippen LogP contribution in [0.1, 0.15) is 37.3 Å². The van der Waals surface area contributed by atoms with E-state index in [1.54, 1.807) is 7.11 Å². The van der Waals surface area contributed by atoms with Crippen molar-refractivity contribution in [1.82, 2.24) is 0 Å². The van der Waals surface area contributed by atoms with Crippen molar-refractivity contribution in [1.29, 1.82) is 0 Å². The lowest BCUT2D eigenvalue weighted by atomic mass is 9.82. The molecule has 0 aliphatic carbocycles. The molecule has 2 N–H and O–H groups in total. The number of hydrogen-bond acceptors (Lipinski definition) is 4. The third kappa shape index (κ3) is 2.42. The third-order valence-corrected chi connectivity index (χ3v) is 4.16. The molecule has 1 unspecified atom stereocenters. The molecule has 0 aromatic heterocycles. The van der Waals surface area contributed by atoms with Crippen molar-refractivity contribution in [2.45, 2.75) is 37.3 Å². The normalized spacial score (nSPS) is 30.3. The fourth-order valence-corrected chi connectivity index (χ4v) is 3.11. The van der Waals surface area contributed by atoms with Crippen LogP contribution in [-0.4, -0.2) is 25.9 Å². The molecule has 0 bridgehead atoms. The molecule has 0 saturated carbocycles. The topological polar surface area (TPSA) is 53.7 Å². The molecule has 3 rings (SSSR count). The SMILES string of the molecule is COc1ccc2c(c1)OC1(CCCOCC1)C[C@H]2N. The van der Waals surface area contributed by atoms with Crippen LogP contribution in [0, 0.1) is 0 Å². The highest BCUT2D eigenvalue weighted by Gasteiger charge is 2.40. The van der Waals surface area contributed by atoms with Gasteiger partial charge in [-0.2, -0.15) is 0 Å². The van der Waals surface area contributed by atoms with Crippen molar-refractivity contribution in [3.05, 3.63) is 23.8 Å². The predicted octanol–water partition coefficient (Wildman–Crippen LogP) is 2.42. The summed E-state index contributed by atoms with van der Waals surface area (Å²) in [7, 11) is 1.67. The minimum Gasteiger partial charge on any atom is -0.497 e. The molecule has 1 spiro atoms. The average Bonchev–Trinajstić information content (AvgIpc) is 2.63. The van der Waals surface area contributed by atoms with E-state index in [9.17, 15) is 0 Å². The Kier molecular flexibility index (Phi) is 3.37. The van der Waals surface area contributed by atoms with Crippen LogP contribution >= 0.6 is 0 Å². The number of rotatable bonds is 1. The van der Waals surface area contributed by atoms with Gasteiger partial charge in [0.15, 0.2) is 0 Å². The van der Waals surface area contributed by atoms with Crippen molar-refractivity contribution < 1.29 is 14.2 Å². The van der Waals surface area contributed by atoms with Gasteiger partial charge in [-0.15, -0.1) is 0 Å². The van der Waals surface area contributed by atoms with E-state index < -0.39 is 0 Å². The van der Waals surface area contributed by atoms with Gasteiger partial charge in [0.05, 0.1) is 13.7 Å². The fourth-order valence-electron chi connectivity index (χ4n) is 3.11. The number of fused-ring (bicyclic) bond motifs is 1. The lowest BCUT2D eigenvalue weighted by molar-refractivity contribution is 0.0154. The van der Waals surface area contributed by atoms with Crippen molar-refractivity contribution in [3.63, 3.8) is 0 Å². The van der Waals surface area contributed by atoms with Gasteiger partial charge in [0.1, 0.15) is 17.1 Å². The standard InChI is InChI=1S/C15H21NO3/c1-17-11-3-4-12-13(16)10-15(19-14(12)9-11)5-2-7-18-8-6-15/h3-4,9,13H,2,5-8,10,16H2,1H3/t13-,15?/m1/s1. The Bertz CT molecular complexity index is 453. The Morgan fingerprint density at radius 2 is 2.21 bits per heavy atom. The number of methoxy groups -OCH3 is 1. The average molecular weight is 263 g/mol. The van der Waals surface area contributed by atoms with E-state index in [0.717, 1.165) is 56.0 Å². The van der Waals surface area contributed by atoms with Crippen LogP contribution in [0.15, 0.2) is 18.2 Å². The molecular formula is C15H21NO3. The Labute approximate surface area is 113 Å². The Hall–Kier alpha value is -1.26. The van der Waals surface area contributed by atoms with E-state index >= 15 is 0 Å². The number of benzene rings is 1. The summed E-state index contributed by atoms with van der Waals surface area (Å²) in [5, 5.41) is 0. The Morgan fingerprint density at radius 1 is 1.32 bits per heavy atom. The zero-order chi connectivity index (χ0) is 13.3. The van der Waals surface area contributed by atoms with Crippen LogP contribution in [0.2, 0.25) is 0 Å². The second-order valence-electron chi connectivity index (χ2n) is 5.47. The summed E-state index contributed by atoms with van der Waals surface area (Å²) in [5.41, 5.74) is 7.26. The maximum absolute atomic E-state index is 6.33. The quantitative estimate of drug-likeness (QED) is 0.845. The van der Waals surface area contributed by atoms with Crippen LogP contribution < -0.4 is 15.2 Å². The summed E-state index contributed by atoms with van der Waals surface area (Å²) in [6.45, 7) is 1.58. The second kappa shape index (κ2) is 5.02. The van der Waals surface area contributed by atoms with Crippen molar-refractivity contribution in [2.75, 3.05) is 20.3 Å². The number of nitrogens with two attached hydrogens (primary N) is 1. The molecule has 104 valence electrons. The molecule has 0 amide bonds. The molecule has 0 radical (unpaired) electrons. The van der Waals surface area contributed by atoms with E-state index in [0.29, 0.717) is 0 Å². The first-order valence-corrected chi connectivity index (χ1v) is 6.93. The smallest absolute Gasteiger partial charge is 0.128 e. The van der Waals surface area contributed by atoms with Crippen LogP contribution in [0.5, 0.6) is 11.5 Å². The van der Waals surface area contributed by atoms with Gasteiger partial charge in [0.25, 0.3) is 0 Å². The van der Waals surface area contributed by atoms with E-state index in [4.69, 9.17) is 19.9 Å². The molecular weight excluding hydrogens is 242 g/mol. The van der Waals surface area contributed by atoms with E-state index in [-0.39, 0.29) is 11.6 Å². The van der Waals surface area contributed by atoms with Gasteiger partial charge in [-0.05, 0) is 18.9 Å². The van der Waals surface area contributed by atoms with Gasteiger partial charge >= 0.3 is 0 Å². The monoisotopic (exact) mass is 263 g/mol. The highest BCUT2D eigenvalue weighted by atomic mass is 16.5. The zero-order valence-electron chi connectivity index (χ0n) is 11.4. The molecule has 1 saturated heterocycles. The lowest BCUT2D eigenvalue weighted by Crippen LogP contribution is -2.43. The van der Waals surface area contributed by atoms with E-state index in [1.807, 2.05) is 18.2 Å². The highest BCUT2D eigenvalue weighted by molar-refractivity contribution is 5.44. The highest BCUT2D eigenvalue weighted by Crippen LogP contribution is 2.44. The summed E-state index contributed by atoms with van der Waals surface area (Å²) < 4.78 is 17.1. The summed E-state index contributed by atoms with van der Waals surface area (Å²) >= 11 is 0. The summed E-state index contributed by atoms with van der Waals surface area (Å²) in [4.78, 5) is 0. The number of ether oxygens (including phenoxy) is 3. The van der Waals surface area contributed by atoms with E-state index in [2.05, 4.69) is 0 Å². The van der Waals surface area contributed by atoms with Crippen molar-refractivity contribution >= 4 is 0 Å². The Balaban J connectivity index is 1.92. The Morgan fingerprint density at radius 3 is 3.05 bits per heavy atom. The summed E-state index contributed by atoms with van der Waals surface area (Å²) in [6.07, 6.45) is 3.83. The maximum Gasteiger partial charge on any atom is 0.128 e. The molecule has 19 heavy (non-hydrogen) atoms. The molecule has 2 heterocycles. The van der Waals surface area contributed by atoms with E-state index in [1.165, 1.54) is 0 Å². The van der Waals surface area contributed by atoms with Gasteiger partial charge in [0.2, 0.25) is 0 Å². The first-order chi connectivity index (χ1) is 9.22. The molecule has 4 heteroatoms. The van der Waals surface area contributed by atoms with Gasteiger partial charge < -0.3 is 19.9 Å². The van der Waals surface area contributed by atoms with Crippen molar-refractivity contribution in [2.24, 2.45) is 5.73 Å². The molecule has 1 fully saturated rings. The first-order valence-electron chi connectivity index (χ1n) is 6.93. The molecule has 1 aromatic carbocycles.